The fourth-order valence-corrected chi connectivity index (χ4v) is 1.97. The molecule has 0 atom stereocenters. The van der Waals surface area contributed by atoms with Crippen LogP contribution in [-0.4, -0.2) is 6.04 Å². The van der Waals surface area contributed by atoms with Crippen LogP contribution >= 0.6 is 0 Å². The van der Waals surface area contributed by atoms with E-state index in [2.05, 4.69) is 44.3 Å². The van der Waals surface area contributed by atoms with Gasteiger partial charge < -0.3 is 5.32 Å². The van der Waals surface area contributed by atoms with Crippen LogP contribution in [0, 0.1) is 6.92 Å². The predicted molar refractivity (Wildman–Crippen MR) is 65.1 cm³/mol. The zero-order valence-electron chi connectivity index (χ0n) is 10.0. The second kappa shape index (κ2) is 4.36. The highest BCUT2D eigenvalue weighted by Gasteiger charge is 2.19. The van der Waals surface area contributed by atoms with Crippen molar-refractivity contribution in [2.24, 2.45) is 0 Å². The van der Waals surface area contributed by atoms with E-state index in [-0.39, 0.29) is 0 Å². The first-order chi connectivity index (χ1) is 7.16. The summed E-state index contributed by atoms with van der Waals surface area (Å²) >= 11 is 0. The molecule has 1 nitrogen and oxygen atoms in total. The Morgan fingerprint density at radius 2 is 2.07 bits per heavy atom. The lowest BCUT2D eigenvalue weighted by molar-refractivity contribution is 0.686. The quantitative estimate of drug-likeness (QED) is 0.791. The Balaban J connectivity index is 2.06. The van der Waals surface area contributed by atoms with Crippen molar-refractivity contribution in [2.45, 2.75) is 52.1 Å². The minimum atomic E-state index is 0.630. The third-order valence-electron chi connectivity index (χ3n) is 3.14. The fourth-order valence-electron chi connectivity index (χ4n) is 1.97. The van der Waals surface area contributed by atoms with Crippen molar-refractivity contribution < 1.29 is 0 Å². The summed E-state index contributed by atoms with van der Waals surface area (Å²) < 4.78 is 0. The Hall–Kier alpha value is -0.820. The molecule has 1 saturated carbocycles. The number of nitrogens with one attached hydrogen (secondary N) is 1. The number of benzene rings is 1. The van der Waals surface area contributed by atoms with E-state index in [9.17, 15) is 0 Å². The molecule has 15 heavy (non-hydrogen) atoms. The van der Waals surface area contributed by atoms with Crippen LogP contribution in [0.15, 0.2) is 18.2 Å². The van der Waals surface area contributed by atoms with Gasteiger partial charge in [0.05, 0.1) is 0 Å². The molecule has 1 fully saturated rings. The standard InChI is InChI=1S/C14H21N/c1-10(2)14-8-12(5-4-11(14)3)9-15-13-6-7-13/h4-5,8,10,13,15H,6-7,9H2,1-3H3. The molecular formula is C14H21N. The van der Waals surface area contributed by atoms with Crippen LogP contribution in [-0.2, 0) is 6.54 Å². The summed E-state index contributed by atoms with van der Waals surface area (Å²) in [5, 5.41) is 3.56. The molecule has 1 aromatic carbocycles. The third-order valence-corrected chi connectivity index (χ3v) is 3.14. The monoisotopic (exact) mass is 203 g/mol. The Labute approximate surface area is 92.9 Å². The second-order valence-corrected chi connectivity index (χ2v) is 5.00. The van der Waals surface area contributed by atoms with Gasteiger partial charge in [-0.05, 0) is 42.4 Å². The zero-order valence-corrected chi connectivity index (χ0v) is 10.0. The molecule has 0 bridgehead atoms. The summed E-state index contributed by atoms with van der Waals surface area (Å²) in [6.07, 6.45) is 2.73. The van der Waals surface area contributed by atoms with E-state index in [1.54, 1.807) is 0 Å². The number of aryl methyl sites for hydroxylation is 1. The highest BCUT2D eigenvalue weighted by molar-refractivity contribution is 5.33. The van der Waals surface area contributed by atoms with Crippen LogP contribution in [0.3, 0.4) is 0 Å². The van der Waals surface area contributed by atoms with Crippen molar-refractivity contribution in [3.8, 4) is 0 Å². The number of hydrogen-bond donors (Lipinski definition) is 1. The van der Waals surface area contributed by atoms with Crippen molar-refractivity contribution in [3.63, 3.8) is 0 Å². The predicted octanol–water partition coefficient (Wildman–Crippen LogP) is 3.37. The fraction of sp³-hybridized carbons (Fsp3) is 0.571. The van der Waals surface area contributed by atoms with Gasteiger partial charge in [-0.1, -0.05) is 32.0 Å². The largest absolute Gasteiger partial charge is 0.310 e. The van der Waals surface area contributed by atoms with E-state index in [4.69, 9.17) is 0 Å². The second-order valence-electron chi connectivity index (χ2n) is 5.00. The Kier molecular flexibility index (Phi) is 3.11. The molecule has 82 valence electrons. The number of rotatable bonds is 4. The van der Waals surface area contributed by atoms with E-state index < -0.39 is 0 Å². The molecule has 0 heterocycles. The molecule has 1 aromatic rings. The summed E-state index contributed by atoms with van der Waals surface area (Å²) in [4.78, 5) is 0. The van der Waals surface area contributed by atoms with Crippen LogP contribution in [0.1, 0.15) is 49.3 Å². The van der Waals surface area contributed by atoms with Crippen LogP contribution in [0.4, 0.5) is 0 Å². The SMILES string of the molecule is Cc1ccc(CNC2CC2)cc1C(C)C. The van der Waals surface area contributed by atoms with E-state index in [0.717, 1.165) is 12.6 Å². The van der Waals surface area contributed by atoms with Crippen LogP contribution in [0.2, 0.25) is 0 Å². The molecule has 1 N–H and O–H groups in total. The van der Waals surface area contributed by atoms with Gasteiger partial charge in [0.25, 0.3) is 0 Å². The van der Waals surface area contributed by atoms with Gasteiger partial charge in [0.2, 0.25) is 0 Å². The van der Waals surface area contributed by atoms with Gasteiger partial charge in [0.15, 0.2) is 0 Å². The first-order valence-electron chi connectivity index (χ1n) is 5.99. The average Bonchev–Trinajstić information content (AvgIpc) is 3.00. The van der Waals surface area contributed by atoms with Crippen molar-refractivity contribution in [3.05, 3.63) is 34.9 Å². The summed E-state index contributed by atoms with van der Waals surface area (Å²) in [5.41, 5.74) is 4.33. The highest BCUT2D eigenvalue weighted by atomic mass is 14.9. The number of hydrogen-bond acceptors (Lipinski definition) is 1. The molecule has 2 rings (SSSR count). The van der Waals surface area contributed by atoms with Gasteiger partial charge in [-0.2, -0.15) is 0 Å². The van der Waals surface area contributed by atoms with Gasteiger partial charge >= 0.3 is 0 Å². The third kappa shape index (κ3) is 2.82. The van der Waals surface area contributed by atoms with Crippen LogP contribution in [0.5, 0.6) is 0 Å². The smallest absolute Gasteiger partial charge is 0.0208 e. The van der Waals surface area contributed by atoms with E-state index >= 15 is 0 Å². The van der Waals surface area contributed by atoms with Gasteiger partial charge in [0.1, 0.15) is 0 Å². The molecular weight excluding hydrogens is 182 g/mol. The van der Waals surface area contributed by atoms with Gasteiger partial charge in [0, 0.05) is 12.6 Å². The Morgan fingerprint density at radius 1 is 1.33 bits per heavy atom. The molecule has 0 spiro atoms. The molecule has 1 heteroatoms. The molecule has 0 aliphatic heterocycles. The lowest BCUT2D eigenvalue weighted by atomic mass is 9.96. The van der Waals surface area contributed by atoms with Crippen molar-refractivity contribution in [1.82, 2.24) is 5.32 Å². The van der Waals surface area contributed by atoms with Gasteiger partial charge in [-0.15, -0.1) is 0 Å². The molecule has 0 radical (unpaired) electrons. The maximum absolute atomic E-state index is 3.56. The molecule has 1 aliphatic carbocycles. The summed E-state index contributed by atoms with van der Waals surface area (Å²) in [5.74, 6) is 0.630. The van der Waals surface area contributed by atoms with Gasteiger partial charge in [-0.3, -0.25) is 0 Å². The lowest BCUT2D eigenvalue weighted by Crippen LogP contribution is -2.15. The average molecular weight is 203 g/mol. The van der Waals surface area contributed by atoms with E-state index in [1.807, 2.05) is 0 Å². The summed E-state index contributed by atoms with van der Waals surface area (Å²) in [6.45, 7) is 7.76. The Morgan fingerprint density at radius 3 is 2.67 bits per heavy atom. The molecule has 0 amide bonds. The molecule has 0 unspecified atom stereocenters. The minimum absolute atomic E-state index is 0.630. The Bertz CT molecular complexity index is 337. The molecule has 0 aromatic heterocycles. The van der Waals surface area contributed by atoms with E-state index in [1.165, 1.54) is 29.5 Å². The summed E-state index contributed by atoms with van der Waals surface area (Å²) in [7, 11) is 0. The topological polar surface area (TPSA) is 12.0 Å². The molecule has 1 aliphatic rings. The minimum Gasteiger partial charge on any atom is -0.310 e. The summed E-state index contributed by atoms with van der Waals surface area (Å²) in [6, 6.07) is 7.65. The maximum Gasteiger partial charge on any atom is 0.0208 e. The first kappa shape index (κ1) is 10.7. The van der Waals surface area contributed by atoms with E-state index in [0.29, 0.717) is 5.92 Å². The molecule has 0 saturated heterocycles. The maximum atomic E-state index is 3.56. The first-order valence-corrected chi connectivity index (χ1v) is 5.99. The lowest BCUT2D eigenvalue weighted by Gasteiger charge is -2.12. The van der Waals surface area contributed by atoms with Crippen molar-refractivity contribution >= 4 is 0 Å². The zero-order chi connectivity index (χ0) is 10.8. The highest BCUT2D eigenvalue weighted by Crippen LogP contribution is 2.22. The van der Waals surface area contributed by atoms with Crippen LogP contribution < -0.4 is 5.32 Å². The van der Waals surface area contributed by atoms with Crippen molar-refractivity contribution in [1.29, 1.82) is 0 Å². The van der Waals surface area contributed by atoms with Gasteiger partial charge in [-0.25, -0.2) is 0 Å². The van der Waals surface area contributed by atoms with Crippen molar-refractivity contribution in [2.75, 3.05) is 0 Å². The van der Waals surface area contributed by atoms with Crippen LogP contribution in [0.25, 0.3) is 0 Å². The normalized spacial score (nSPS) is 16.0.